The van der Waals surface area contributed by atoms with Crippen molar-refractivity contribution in [1.29, 1.82) is 0 Å². The maximum Gasteiger partial charge on any atom is 0.163 e. The Morgan fingerprint density at radius 2 is 1.14 bits per heavy atom. The zero-order valence-electron chi connectivity index (χ0n) is 32.7. The molecular weight excluding hydrogens is 691 g/mol. The molecule has 2 saturated carbocycles. The molecule has 1 spiro atoms. The second-order valence-electron chi connectivity index (χ2n) is 17.2. The van der Waals surface area contributed by atoms with Crippen molar-refractivity contribution in [1.82, 2.24) is 15.0 Å². The van der Waals surface area contributed by atoms with Crippen LogP contribution in [0.2, 0.25) is 0 Å². The van der Waals surface area contributed by atoms with Gasteiger partial charge in [-0.05, 0) is 111 Å². The first kappa shape index (κ1) is 34.3. The summed E-state index contributed by atoms with van der Waals surface area (Å²) in [6, 6.07) is 46.7. The van der Waals surface area contributed by atoms with Gasteiger partial charge in [-0.2, -0.15) is 0 Å². The molecule has 6 unspecified atom stereocenters. The predicted octanol–water partition coefficient (Wildman–Crippen LogP) is 13.1. The topological polar surface area (TPSA) is 38.7 Å². The van der Waals surface area contributed by atoms with E-state index in [9.17, 15) is 0 Å². The van der Waals surface area contributed by atoms with Crippen LogP contribution in [0.3, 0.4) is 0 Å². The Morgan fingerprint density at radius 1 is 0.526 bits per heavy atom. The number of hydrogen-bond donors (Lipinski definition) is 0. The molecule has 1 heterocycles. The highest BCUT2D eigenvalue weighted by Gasteiger charge is 2.62. The molecule has 0 bridgehead atoms. The molecule has 0 aliphatic heterocycles. The molecule has 6 aromatic rings. The maximum absolute atomic E-state index is 5.19. The zero-order chi connectivity index (χ0) is 38.1. The first-order chi connectivity index (χ1) is 28.0. The summed E-state index contributed by atoms with van der Waals surface area (Å²) in [4.78, 5) is 15.4. The fourth-order valence-corrected chi connectivity index (χ4v) is 11.0. The molecule has 1 aromatic heterocycles. The van der Waals surface area contributed by atoms with Gasteiger partial charge in [-0.3, -0.25) is 0 Å². The quantitative estimate of drug-likeness (QED) is 0.177. The van der Waals surface area contributed by atoms with Crippen LogP contribution >= 0.6 is 0 Å². The van der Waals surface area contributed by atoms with Gasteiger partial charge in [0.2, 0.25) is 0 Å². The molecule has 5 aromatic carbocycles. The Balaban J connectivity index is 0.907. The summed E-state index contributed by atoms with van der Waals surface area (Å²) in [6.07, 6.45) is 18.9. The number of nitrogens with zero attached hydrogens (tertiary/aromatic N) is 3. The predicted molar refractivity (Wildman–Crippen MR) is 232 cm³/mol. The number of hydrogen-bond acceptors (Lipinski definition) is 3. The lowest BCUT2D eigenvalue weighted by molar-refractivity contribution is 0.390. The van der Waals surface area contributed by atoms with Gasteiger partial charge in [0.05, 0.1) is 5.41 Å². The summed E-state index contributed by atoms with van der Waals surface area (Å²) in [5.41, 5.74) is 14.8. The number of fused-ring (bicyclic) bond motifs is 9. The van der Waals surface area contributed by atoms with E-state index >= 15 is 0 Å². The highest BCUT2D eigenvalue weighted by Crippen LogP contribution is 2.71. The number of aromatic nitrogens is 3. The third-order valence-corrected chi connectivity index (χ3v) is 13.6. The van der Waals surface area contributed by atoms with Crippen molar-refractivity contribution in [2.75, 3.05) is 0 Å². The molecule has 6 atom stereocenters. The van der Waals surface area contributed by atoms with Crippen LogP contribution in [-0.2, 0) is 5.41 Å². The minimum Gasteiger partial charge on any atom is -0.213 e. The van der Waals surface area contributed by atoms with E-state index in [0.29, 0.717) is 29.6 Å². The number of rotatable bonds is 5. The van der Waals surface area contributed by atoms with E-state index in [1.807, 2.05) is 12.1 Å². The second kappa shape index (κ2) is 13.6. The van der Waals surface area contributed by atoms with Crippen LogP contribution in [-0.4, -0.2) is 15.0 Å². The van der Waals surface area contributed by atoms with Gasteiger partial charge in [0.25, 0.3) is 0 Å². The van der Waals surface area contributed by atoms with Crippen LogP contribution in [0.1, 0.15) is 73.9 Å². The molecule has 5 aliphatic rings. The molecule has 0 N–H and O–H groups in total. The molecule has 3 nitrogen and oxygen atoms in total. The minimum absolute atomic E-state index is 0.0549. The summed E-state index contributed by atoms with van der Waals surface area (Å²) < 4.78 is 0. The molecule has 0 saturated heterocycles. The standard InChI is InChI=1S/C54H47N3/c1-34-29-35(2)31-50-49(30-34)54(50)47-20-12-11-19-45(47)46-33-40(26-28-48(46)54)36-21-23-37(24-22-36)44-27-25-42(32-41-17-9-10-18-43(41)44)53-56-51(38-13-5-3-6-14-38)55-52(57-53)39-15-7-4-8-16-39/h3-24,26,28,30-31,33-35,41-44H,25,27,29,32H2,1-2H3. The monoisotopic (exact) mass is 737 g/mol. The van der Waals surface area contributed by atoms with Gasteiger partial charge in [-0.25, -0.2) is 15.0 Å². The highest BCUT2D eigenvalue weighted by atomic mass is 15.0. The van der Waals surface area contributed by atoms with Gasteiger partial charge in [0.15, 0.2) is 11.6 Å². The molecule has 278 valence electrons. The Labute approximate surface area is 336 Å². The van der Waals surface area contributed by atoms with Crippen molar-refractivity contribution in [3.8, 4) is 45.0 Å². The van der Waals surface area contributed by atoms with E-state index in [1.165, 1.54) is 45.4 Å². The Hall–Kier alpha value is -5.93. The number of benzene rings is 5. The van der Waals surface area contributed by atoms with Gasteiger partial charge >= 0.3 is 0 Å². The van der Waals surface area contributed by atoms with E-state index in [4.69, 9.17) is 15.0 Å². The average molecular weight is 738 g/mol. The SMILES string of the molecule is CC1C=C2C(=CC(C)C1)C21c2ccccc2-c2cc(-c3ccc(C4CCC(c5nc(-c6ccccc6)nc(-c6ccccc6)n5)CC5C=CC=CC54)cc3)ccc21. The van der Waals surface area contributed by atoms with Crippen LogP contribution in [0.4, 0.5) is 0 Å². The van der Waals surface area contributed by atoms with Crippen LogP contribution in [0.15, 0.2) is 175 Å². The van der Waals surface area contributed by atoms with E-state index in [1.54, 1.807) is 11.1 Å². The zero-order valence-corrected chi connectivity index (χ0v) is 32.7. The molecule has 0 radical (unpaired) electrons. The van der Waals surface area contributed by atoms with Crippen LogP contribution < -0.4 is 0 Å². The average Bonchev–Trinajstić information content (AvgIpc) is 3.87. The Bertz CT molecular complexity index is 2550. The second-order valence-corrected chi connectivity index (χ2v) is 17.2. The smallest absolute Gasteiger partial charge is 0.163 e. The molecule has 57 heavy (non-hydrogen) atoms. The van der Waals surface area contributed by atoms with E-state index in [2.05, 4.69) is 166 Å². The maximum atomic E-state index is 5.19. The fourth-order valence-electron chi connectivity index (χ4n) is 11.0. The largest absolute Gasteiger partial charge is 0.213 e. The van der Waals surface area contributed by atoms with Gasteiger partial charge in [-0.15, -0.1) is 0 Å². The number of allylic oxidation sites excluding steroid dienone is 8. The van der Waals surface area contributed by atoms with E-state index in [0.717, 1.165) is 47.9 Å². The van der Waals surface area contributed by atoms with Crippen LogP contribution in [0.5, 0.6) is 0 Å². The Kier molecular flexibility index (Phi) is 8.21. The fraction of sp³-hybridized carbons (Fsp3) is 0.241. The summed E-state index contributed by atoms with van der Waals surface area (Å²) in [5, 5.41) is 0. The van der Waals surface area contributed by atoms with Crippen LogP contribution in [0, 0.1) is 23.7 Å². The minimum atomic E-state index is -0.0549. The molecule has 3 heteroatoms. The molecule has 11 rings (SSSR count). The van der Waals surface area contributed by atoms with Gasteiger partial charge < -0.3 is 0 Å². The lowest BCUT2D eigenvalue weighted by Crippen LogP contribution is -2.19. The third kappa shape index (κ3) is 5.73. The summed E-state index contributed by atoms with van der Waals surface area (Å²) in [7, 11) is 0. The van der Waals surface area contributed by atoms with Crippen molar-refractivity contribution >= 4 is 0 Å². The molecular formula is C54H47N3. The lowest BCUT2D eigenvalue weighted by atomic mass is 9.74. The van der Waals surface area contributed by atoms with E-state index in [-0.39, 0.29) is 11.3 Å². The van der Waals surface area contributed by atoms with Gasteiger partial charge in [0.1, 0.15) is 5.82 Å². The summed E-state index contributed by atoms with van der Waals surface area (Å²) >= 11 is 0. The van der Waals surface area contributed by atoms with Crippen molar-refractivity contribution in [2.45, 2.75) is 56.8 Å². The highest BCUT2D eigenvalue weighted by molar-refractivity contribution is 5.96. The molecule has 2 fully saturated rings. The van der Waals surface area contributed by atoms with Crippen molar-refractivity contribution in [3.05, 3.63) is 198 Å². The summed E-state index contributed by atoms with van der Waals surface area (Å²) in [5.74, 6) is 5.11. The lowest BCUT2D eigenvalue weighted by Gasteiger charge is -2.30. The first-order valence-corrected chi connectivity index (χ1v) is 21.1. The van der Waals surface area contributed by atoms with Crippen LogP contribution in [0.25, 0.3) is 45.0 Å². The first-order valence-electron chi connectivity index (χ1n) is 21.1. The van der Waals surface area contributed by atoms with Crippen molar-refractivity contribution in [3.63, 3.8) is 0 Å². The summed E-state index contributed by atoms with van der Waals surface area (Å²) in [6.45, 7) is 4.77. The van der Waals surface area contributed by atoms with Crippen molar-refractivity contribution < 1.29 is 0 Å². The van der Waals surface area contributed by atoms with E-state index < -0.39 is 0 Å². The molecule has 5 aliphatic carbocycles. The molecule has 0 amide bonds. The third-order valence-electron chi connectivity index (χ3n) is 13.6. The van der Waals surface area contributed by atoms with Crippen molar-refractivity contribution in [2.24, 2.45) is 23.7 Å². The van der Waals surface area contributed by atoms with Gasteiger partial charge in [-0.1, -0.05) is 172 Å². The normalized spacial score (nSPS) is 26.6. The van der Waals surface area contributed by atoms with Gasteiger partial charge in [0, 0.05) is 17.0 Å². The Morgan fingerprint density at radius 3 is 1.84 bits per heavy atom.